The van der Waals surface area contributed by atoms with Gasteiger partial charge in [0.15, 0.2) is 0 Å². The third-order valence-electron chi connectivity index (χ3n) is 5.82. The lowest BCUT2D eigenvalue weighted by atomic mass is 10.1. The standard InChI is InChI=1S/C30H26ClFN4O3S/c1-30(2,3)40(37)35-16-23-9-12-27(39-23)20-7-10-26-24(14-20)29(34-18-33-26)36-22-8-11-28(25(31)15-22)38-17-19-5-4-6-21(32)13-19/h4-16,18H,17H2,1-3H3,(H,33,34,36)/t40-/m1/s1. The van der Waals surface area contributed by atoms with Crippen molar-refractivity contribution in [3.8, 4) is 17.1 Å². The van der Waals surface area contributed by atoms with Crippen molar-refractivity contribution in [2.75, 3.05) is 5.32 Å². The fourth-order valence-electron chi connectivity index (χ4n) is 3.77. The van der Waals surface area contributed by atoms with E-state index in [-0.39, 0.29) is 12.4 Å². The van der Waals surface area contributed by atoms with Crippen LogP contribution in [0.2, 0.25) is 5.02 Å². The van der Waals surface area contributed by atoms with Crippen LogP contribution in [-0.2, 0) is 17.6 Å². The zero-order valence-corrected chi connectivity index (χ0v) is 23.6. The van der Waals surface area contributed by atoms with Crippen LogP contribution < -0.4 is 10.1 Å². The van der Waals surface area contributed by atoms with Gasteiger partial charge in [0, 0.05) is 16.6 Å². The van der Waals surface area contributed by atoms with Crippen LogP contribution in [0.4, 0.5) is 15.9 Å². The molecule has 0 amide bonds. The molecule has 5 aromatic rings. The number of anilines is 2. The predicted octanol–water partition coefficient (Wildman–Crippen LogP) is 7.89. The molecule has 1 atom stereocenters. The lowest BCUT2D eigenvalue weighted by molar-refractivity contribution is 0.306. The molecule has 2 aromatic heterocycles. The molecule has 5 rings (SSSR count). The van der Waals surface area contributed by atoms with Crippen LogP contribution in [0.15, 0.2) is 87.9 Å². The predicted molar refractivity (Wildman–Crippen MR) is 158 cm³/mol. The molecule has 7 nitrogen and oxygen atoms in total. The third kappa shape index (κ3) is 6.55. The molecule has 0 saturated heterocycles. The van der Waals surface area contributed by atoms with E-state index in [2.05, 4.69) is 19.7 Å². The van der Waals surface area contributed by atoms with E-state index in [1.165, 1.54) is 24.7 Å². The molecule has 40 heavy (non-hydrogen) atoms. The first-order valence-corrected chi connectivity index (χ1v) is 13.9. The molecule has 10 heteroatoms. The summed E-state index contributed by atoms with van der Waals surface area (Å²) in [6.45, 7) is 5.78. The van der Waals surface area contributed by atoms with E-state index in [1.54, 1.807) is 30.3 Å². The van der Waals surface area contributed by atoms with Gasteiger partial charge in [0.1, 0.15) is 52.8 Å². The minimum absolute atomic E-state index is 0.193. The molecule has 0 aliphatic carbocycles. The van der Waals surface area contributed by atoms with Crippen LogP contribution in [0.5, 0.6) is 5.75 Å². The summed E-state index contributed by atoms with van der Waals surface area (Å²) in [4.78, 5) is 8.81. The monoisotopic (exact) mass is 576 g/mol. The van der Waals surface area contributed by atoms with Gasteiger partial charge < -0.3 is 14.5 Å². The van der Waals surface area contributed by atoms with Crippen molar-refractivity contribution < 1.29 is 17.8 Å². The smallest absolute Gasteiger partial charge is 0.146 e. The third-order valence-corrected chi connectivity index (χ3v) is 7.46. The molecule has 0 aliphatic rings. The lowest BCUT2D eigenvalue weighted by Crippen LogP contribution is -2.19. The first-order chi connectivity index (χ1) is 19.2. The van der Waals surface area contributed by atoms with E-state index in [4.69, 9.17) is 20.8 Å². The number of hydrogen-bond donors (Lipinski definition) is 1. The van der Waals surface area contributed by atoms with Crippen LogP contribution >= 0.6 is 11.6 Å². The van der Waals surface area contributed by atoms with Crippen LogP contribution in [0.1, 0.15) is 32.1 Å². The highest BCUT2D eigenvalue weighted by molar-refractivity contribution is 7.85. The average molecular weight is 577 g/mol. The number of furan rings is 1. The molecule has 0 aliphatic heterocycles. The second-order valence-electron chi connectivity index (χ2n) is 9.94. The highest BCUT2D eigenvalue weighted by Gasteiger charge is 2.18. The van der Waals surface area contributed by atoms with Gasteiger partial charge in [0.25, 0.3) is 0 Å². The summed E-state index contributed by atoms with van der Waals surface area (Å²) in [6.07, 6.45) is 2.97. The Kier molecular flexibility index (Phi) is 7.95. The molecule has 3 aromatic carbocycles. The molecule has 0 unspecified atom stereocenters. The van der Waals surface area contributed by atoms with Crippen LogP contribution in [-0.4, -0.2) is 25.1 Å². The normalized spacial score (nSPS) is 12.6. The molecule has 0 saturated carbocycles. The number of hydrogen-bond acceptors (Lipinski definition) is 6. The van der Waals surface area contributed by atoms with E-state index in [9.17, 15) is 8.60 Å². The molecule has 0 spiro atoms. The number of nitrogens with one attached hydrogen (secondary N) is 1. The van der Waals surface area contributed by atoms with E-state index in [1.807, 2.05) is 51.1 Å². The molecule has 0 bridgehead atoms. The first-order valence-electron chi connectivity index (χ1n) is 12.4. The van der Waals surface area contributed by atoms with Crippen molar-refractivity contribution in [2.24, 2.45) is 4.40 Å². The Labute approximate surface area is 238 Å². The number of fused-ring (bicyclic) bond motifs is 1. The Hall–Kier alpha value is -4.08. The van der Waals surface area contributed by atoms with Crippen molar-refractivity contribution in [1.82, 2.24) is 9.97 Å². The summed E-state index contributed by atoms with van der Waals surface area (Å²) in [7, 11) is -1.38. The maximum absolute atomic E-state index is 13.4. The number of aromatic nitrogens is 2. The number of nitrogens with zero attached hydrogens (tertiary/aromatic N) is 3. The van der Waals surface area contributed by atoms with Gasteiger partial charge in [-0.15, -0.1) is 0 Å². The Balaban J connectivity index is 1.34. The average Bonchev–Trinajstić information content (AvgIpc) is 3.40. The minimum Gasteiger partial charge on any atom is -0.487 e. The van der Waals surface area contributed by atoms with Gasteiger partial charge in [-0.3, -0.25) is 0 Å². The number of halogens is 2. The summed E-state index contributed by atoms with van der Waals surface area (Å²) in [5, 5.41) is 4.48. The molecule has 204 valence electrons. The van der Waals surface area contributed by atoms with Crippen molar-refractivity contribution in [3.63, 3.8) is 0 Å². The molecule has 2 heterocycles. The maximum Gasteiger partial charge on any atom is 0.146 e. The quantitative estimate of drug-likeness (QED) is 0.189. The molecule has 0 radical (unpaired) electrons. The van der Waals surface area contributed by atoms with Crippen molar-refractivity contribution in [2.45, 2.75) is 32.1 Å². The summed E-state index contributed by atoms with van der Waals surface area (Å²) in [5.41, 5.74) is 2.98. The van der Waals surface area contributed by atoms with E-state index in [0.29, 0.717) is 39.4 Å². The highest BCUT2D eigenvalue weighted by atomic mass is 35.5. The fraction of sp³-hybridized carbons (Fsp3) is 0.167. The Bertz CT molecular complexity index is 1730. The topological polar surface area (TPSA) is 89.6 Å². The lowest BCUT2D eigenvalue weighted by Gasteiger charge is -2.12. The van der Waals surface area contributed by atoms with Gasteiger partial charge in [-0.2, -0.15) is 4.40 Å². The Morgan fingerprint density at radius 3 is 2.70 bits per heavy atom. The second kappa shape index (κ2) is 11.6. The number of benzene rings is 3. The Morgan fingerprint density at radius 2 is 1.93 bits per heavy atom. The molecular formula is C30H26ClFN4O3S. The van der Waals surface area contributed by atoms with Gasteiger partial charge in [0.2, 0.25) is 0 Å². The zero-order valence-electron chi connectivity index (χ0n) is 22.0. The zero-order chi connectivity index (χ0) is 28.3. The molecule has 0 fully saturated rings. The van der Waals surface area contributed by atoms with Crippen molar-refractivity contribution in [1.29, 1.82) is 0 Å². The van der Waals surface area contributed by atoms with E-state index >= 15 is 0 Å². The van der Waals surface area contributed by atoms with Gasteiger partial charge in [-0.1, -0.05) is 23.7 Å². The van der Waals surface area contributed by atoms with E-state index < -0.39 is 15.7 Å². The van der Waals surface area contributed by atoms with Gasteiger partial charge in [-0.25, -0.2) is 18.6 Å². The summed E-state index contributed by atoms with van der Waals surface area (Å²) < 4.78 is 41.0. The summed E-state index contributed by atoms with van der Waals surface area (Å²) >= 11 is 6.48. The summed E-state index contributed by atoms with van der Waals surface area (Å²) in [6, 6.07) is 20.9. The second-order valence-corrected chi connectivity index (χ2v) is 12.3. The van der Waals surface area contributed by atoms with Gasteiger partial charge in [0.05, 0.1) is 21.5 Å². The van der Waals surface area contributed by atoms with Gasteiger partial charge in [-0.05, 0) is 87.0 Å². The molecule has 1 N–H and O–H groups in total. The molecular weight excluding hydrogens is 551 g/mol. The fourth-order valence-corrected chi connectivity index (χ4v) is 4.52. The maximum atomic E-state index is 13.4. The van der Waals surface area contributed by atoms with E-state index in [0.717, 1.165) is 16.5 Å². The Morgan fingerprint density at radius 1 is 1.07 bits per heavy atom. The SMILES string of the molecule is CC(C)(C)[S@@](=O)N=Cc1ccc(-c2ccc3ncnc(Nc4ccc(OCc5cccc(F)c5)c(Cl)c4)c3c2)o1. The first kappa shape index (κ1) is 27.5. The van der Waals surface area contributed by atoms with Crippen LogP contribution in [0, 0.1) is 5.82 Å². The highest BCUT2D eigenvalue weighted by Crippen LogP contribution is 2.32. The van der Waals surface area contributed by atoms with Crippen molar-refractivity contribution in [3.05, 3.63) is 101 Å². The van der Waals surface area contributed by atoms with Crippen LogP contribution in [0.25, 0.3) is 22.2 Å². The van der Waals surface area contributed by atoms with Crippen LogP contribution in [0.3, 0.4) is 0 Å². The number of rotatable bonds is 8. The minimum atomic E-state index is -1.38. The largest absolute Gasteiger partial charge is 0.487 e. The van der Waals surface area contributed by atoms with Gasteiger partial charge >= 0.3 is 0 Å². The summed E-state index contributed by atoms with van der Waals surface area (Å²) in [5.74, 6) is 1.88. The number of ether oxygens (including phenoxy) is 1. The van der Waals surface area contributed by atoms with Crippen molar-refractivity contribution >= 4 is 51.2 Å².